The van der Waals surface area contributed by atoms with Crippen molar-refractivity contribution in [2.24, 2.45) is 0 Å². The lowest BCUT2D eigenvalue weighted by Crippen LogP contribution is -2.03. The lowest BCUT2D eigenvalue weighted by molar-refractivity contribution is 0.0689. The van der Waals surface area contributed by atoms with Crippen molar-refractivity contribution in [2.45, 2.75) is 20.3 Å². The molecule has 0 unspecified atom stereocenters. The molecular formula is C20H17Cl2N3O2. The van der Waals surface area contributed by atoms with Crippen molar-refractivity contribution in [2.75, 3.05) is 0 Å². The topological polar surface area (TPSA) is 78.9 Å². The summed E-state index contributed by atoms with van der Waals surface area (Å²) in [6, 6.07) is 15.9. The Bertz CT molecular complexity index is 989. The fourth-order valence-electron chi connectivity index (χ4n) is 2.57. The van der Waals surface area contributed by atoms with E-state index in [0.29, 0.717) is 32.6 Å². The number of carboxylic acid groups (broad SMARTS) is 1. The Morgan fingerprint density at radius 3 is 2.33 bits per heavy atom. The van der Waals surface area contributed by atoms with Gasteiger partial charge in [-0.15, -0.1) is 0 Å². The zero-order valence-corrected chi connectivity index (χ0v) is 16.3. The zero-order valence-electron chi connectivity index (χ0n) is 14.8. The molecule has 0 atom stereocenters. The SMILES string of the molecule is CC.N#CCc1c(C(=O)O)nn(-c2ccccc2Cl)c1-c1ccc(Cl)cc1. The molecule has 2 aromatic carbocycles. The normalized spacial score (nSPS) is 9.89. The number of halogens is 2. The molecule has 3 aromatic rings. The van der Waals surface area contributed by atoms with Gasteiger partial charge in [0.25, 0.3) is 0 Å². The van der Waals surface area contributed by atoms with Crippen LogP contribution in [-0.4, -0.2) is 20.9 Å². The van der Waals surface area contributed by atoms with Crippen LogP contribution in [0.5, 0.6) is 0 Å². The molecule has 0 aliphatic rings. The summed E-state index contributed by atoms with van der Waals surface area (Å²) in [5, 5.41) is 23.8. The second-order valence-corrected chi connectivity index (χ2v) is 6.03. The number of nitriles is 1. The Balaban J connectivity index is 0.00000126. The van der Waals surface area contributed by atoms with E-state index < -0.39 is 5.97 Å². The number of aromatic carboxylic acids is 1. The number of benzene rings is 2. The van der Waals surface area contributed by atoms with Crippen molar-refractivity contribution >= 4 is 29.2 Å². The maximum Gasteiger partial charge on any atom is 0.356 e. The van der Waals surface area contributed by atoms with Gasteiger partial charge in [0.1, 0.15) is 0 Å². The number of hydrogen-bond donors (Lipinski definition) is 1. The van der Waals surface area contributed by atoms with Gasteiger partial charge >= 0.3 is 5.97 Å². The summed E-state index contributed by atoms with van der Waals surface area (Å²) in [6.07, 6.45) is -0.0932. The summed E-state index contributed by atoms with van der Waals surface area (Å²) in [5.74, 6) is -1.20. The predicted molar refractivity (Wildman–Crippen MR) is 107 cm³/mol. The maximum atomic E-state index is 11.6. The van der Waals surface area contributed by atoms with Crippen molar-refractivity contribution in [1.82, 2.24) is 9.78 Å². The van der Waals surface area contributed by atoms with Gasteiger partial charge in [-0.2, -0.15) is 10.4 Å². The van der Waals surface area contributed by atoms with Gasteiger partial charge in [-0.25, -0.2) is 9.48 Å². The molecule has 0 saturated carbocycles. The van der Waals surface area contributed by atoms with Crippen molar-refractivity contribution in [3.05, 3.63) is 69.8 Å². The van der Waals surface area contributed by atoms with Gasteiger partial charge in [-0.3, -0.25) is 0 Å². The molecule has 7 heteroatoms. The lowest BCUT2D eigenvalue weighted by atomic mass is 10.0. The minimum Gasteiger partial charge on any atom is -0.476 e. The monoisotopic (exact) mass is 401 g/mol. The molecule has 0 radical (unpaired) electrons. The highest BCUT2D eigenvalue weighted by Crippen LogP contribution is 2.32. The summed E-state index contributed by atoms with van der Waals surface area (Å²) in [6.45, 7) is 4.00. The minimum atomic E-state index is -1.20. The third-order valence-electron chi connectivity index (χ3n) is 3.64. The molecule has 5 nitrogen and oxygen atoms in total. The standard InChI is InChI=1S/C18H11Cl2N3O2.C2H6/c19-12-7-5-11(6-8-12)17-13(9-10-21)16(18(24)25)22-23(17)15-4-2-1-3-14(15)20;1-2/h1-8H,9H2,(H,24,25);1-2H3. The molecule has 3 rings (SSSR count). The molecule has 0 spiro atoms. The first-order valence-corrected chi connectivity index (χ1v) is 9.01. The lowest BCUT2D eigenvalue weighted by Gasteiger charge is -2.10. The molecule has 27 heavy (non-hydrogen) atoms. The van der Waals surface area contributed by atoms with Crippen LogP contribution in [0.1, 0.15) is 29.9 Å². The van der Waals surface area contributed by atoms with Crippen molar-refractivity contribution in [1.29, 1.82) is 5.26 Å². The average molecular weight is 402 g/mol. The van der Waals surface area contributed by atoms with Crippen LogP contribution in [0.3, 0.4) is 0 Å². The van der Waals surface area contributed by atoms with Crippen LogP contribution >= 0.6 is 23.2 Å². The van der Waals surface area contributed by atoms with Gasteiger partial charge < -0.3 is 5.11 Å². The third-order valence-corrected chi connectivity index (χ3v) is 4.21. The molecule has 0 bridgehead atoms. The van der Waals surface area contributed by atoms with E-state index in [1.165, 1.54) is 4.68 Å². The van der Waals surface area contributed by atoms with Crippen LogP contribution in [-0.2, 0) is 6.42 Å². The van der Waals surface area contributed by atoms with Crippen molar-refractivity contribution in [3.8, 4) is 23.0 Å². The molecule has 1 aromatic heterocycles. The first-order valence-electron chi connectivity index (χ1n) is 8.26. The van der Waals surface area contributed by atoms with Gasteiger partial charge in [-0.05, 0) is 24.3 Å². The fourth-order valence-corrected chi connectivity index (χ4v) is 2.91. The minimum absolute atomic E-state index is 0.0932. The van der Waals surface area contributed by atoms with Crippen LogP contribution in [0.2, 0.25) is 10.0 Å². The summed E-state index contributed by atoms with van der Waals surface area (Å²) >= 11 is 12.2. The highest BCUT2D eigenvalue weighted by Gasteiger charge is 2.25. The smallest absolute Gasteiger partial charge is 0.356 e. The van der Waals surface area contributed by atoms with Crippen LogP contribution in [0.25, 0.3) is 16.9 Å². The highest BCUT2D eigenvalue weighted by atomic mass is 35.5. The van der Waals surface area contributed by atoms with Gasteiger partial charge in [0.15, 0.2) is 5.69 Å². The summed E-state index contributed by atoms with van der Waals surface area (Å²) < 4.78 is 1.46. The maximum absolute atomic E-state index is 11.6. The summed E-state index contributed by atoms with van der Waals surface area (Å²) in [7, 11) is 0. The second kappa shape index (κ2) is 9.22. The van der Waals surface area contributed by atoms with Crippen LogP contribution in [0.4, 0.5) is 0 Å². The molecule has 0 amide bonds. The summed E-state index contributed by atoms with van der Waals surface area (Å²) in [5.41, 5.74) is 1.88. The van der Waals surface area contributed by atoms with E-state index in [1.54, 1.807) is 48.5 Å². The van der Waals surface area contributed by atoms with E-state index >= 15 is 0 Å². The first kappa shape index (κ1) is 20.5. The Kier molecular flexibility index (Phi) is 7.00. The number of nitrogens with zero attached hydrogens (tertiary/aromatic N) is 3. The highest BCUT2D eigenvalue weighted by molar-refractivity contribution is 6.32. The van der Waals surface area contributed by atoms with Crippen molar-refractivity contribution < 1.29 is 9.90 Å². The largest absolute Gasteiger partial charge is 0.476 e. The predicted octanol–water partition coefficient (Wildman–Crippen LogP) is 5.64. The number of carboxylic acids is 1. The second-order valence-electron chi connectivity index (χ2n) is 5.19. The van der Waals surface area contributed by atoms with Crippen LogP contribution < -0.4 is 0 Å². The quantitative estimate of drug-likeness (QED) is 0.613. The number of carbonyl (C=O) groups is 1. The van der Waals surface area contributed by atoms with E-state index in [-0.39, 0.29) is 12.1 Å². The molecule has 0 saturated heterocycles. The van der Waals surface area contributed by atoms with E-state index in [0.717, 1.165) is 0 Å². The number of hydrogen-bond acceptors (Lipinski definition) is 3. The number of aromatic nitrogens is 2. The Morgan fingerprint density at radius 1 is 1.15 bits per heavy atom. The van der Waals surface area contributed by atoms with E-state index in [2.05, 4.69) is 5.10 Å². The van der Waals surface area contributed by atoms with Crippen LogP contribution in [0.15, 0.2) is 48.5 Å². The van der Waals surface area contributed by atoms with E-state index in [1.807, 2.05) is 19.9 Å². The van der Waals surface area contributed by atoms with Gasteiger partial charge in [0.05, 0.1) is 28.9 Å². The number of para-hydroxylation sites is 1. The Morgan fingerprint density at radius 2 is 1.78 bits per heavy atom. The molecule has 1 N–H and O–H groups in total. The molecule has 0 fully saturated rings. The van der Waals surface area contributed by atoms with E-state index in [4.69, 9.17) is 28.5 Å². The summed E-state index contributed by atoms with van der Waals surface area (Å²) in [4.78, 5) is 11.6. The number of rotatable bonds is 4. The fraction of sp³-hybridized carbons (Fsp3) is 0.150. The Hall–Kier alpha value is -2.81. The molecule has 1 heterocycles. The average Bonchev–Trinajstić information content (AvgIpc) is 3.04. The zero-order chi connectivity index (χ0) is 20.0. The third kappa shape index (κ3) is 4.30. The molecule has 0 aliphatic heterocycles. The Labute approximate surface area is 167 Å². The first-order chi connectivity index (χ1) is 13.0. The van der Waals surface area contributed by atoms with E-state index in [9.17, 15) is 9.90 Å². The van der Waals surface area contributed by atoms with Crippen LogP contribution in [0, 0.1) is 11.3 Å². The van der Waals surface area contributed by atoms with Crippen molar-refractivity contribution in [3.63, 3.8) is 0 Å². The molecule has 0 aliphatic carbocycles. The molecule has 138 valence electrons. The van der Waals surface area contributed by atoms with Gasteiger partial charge in [0.2, 0.25) is 0 Å². The van der Waals surface area contributed by atoms with Gasteiger partial charge in [0, 0.05) is 16.1 Å². The van der Waals surface area contributed by atoms with Gasteiger partial charge in [-0.1, -0.05) is 61.3 Å². The molecular weight excluding hydrogens is 385 g/mol.